The molecule has 0 radical (unpaired) electrons. The molecule has 2 amide bonds. The van der Waals surface area contributed by atoms with Crippen LogP contribution in [0.5, 0.6) is 0 Å². The number of amides is 2. The summed E-state index contributed by atoms with van der Waals surface area (Å²) in [5.74, 6) is -0.0499. The van der Waals surface area contributed by atoms with Crippen molar-refractivity contribution >= 4 is 28.3 Å². The number of nitrogens with one attached hydrogen (secondary N) is 2. The molecule has 2 aliphatic heterocycles. The highest BCUT2D eigenvalue weighted by Crippen LogP contribution is 2.21. The van der Waals surface area contributed by atoms with E-state index in [0.29, 0.717) is 37.6 Å². The molecule has 1 aromatic heterocycles. The highest BCUT2D eigenvalue weighted by atomic mass is 32.1. The summed E-state index contributed by atoms with van der Waals surface area (Å²) in [6.07, 6.45) is 3.43. The zero-order valence-electron chi connectivity index (χ0n) is 13.7. The Labute approximate surface area is 145 Å². The number of piperidine rings is 1. The van der Waals surface area contributed by atoms with Gasteiger partial charge in [0.05, 0.1) is 11.8 Å². The third kappa shape index (κ3) is 4.21. The van der Waals surface area contributed by atoms with E-state index in [9.17, 15) is 9.59 Å². The number of anilines is 1. The smallest absolute Gasteiger partial charge is 0.226 e. The Morgan fingerprint density at radius 2 is 2.00 bits per heavy atom. The fourth-order valence-electron chi connectivity index (χ4n) is 3.33. The van der Waals surface area contributed by atoms with Gasteiger partial charge in [0.1, 0.15) is 5.01 Å². The first kappa shape index (κ1) is 17.1. The molecule has 3 heterocycles. The second-order valence-corrected chi connectivity index (χ2v) is 7.49. The van der Waals surface area contributed by atoms with Gasteiger partial charge in [-0.05, 0) is 19.3 Å². The molecule has 2 atom stereocenters. The number of nitrogen functional groups attached to an aromatic ring is 1. The van der Waals surface area contributed by atoms with Crippen molar-refractivity contribution in [2.24, 2.45) is 11.8 Å². The van der Waals surface area contributed by atoms with Crippen molar-refractivity contribution in [2.45, 2.75) is 25.7 Å². The predicted molar refractivity (Wildman–Crippen MR) is 91.3 cm³/mol. The van der Waals surface area contributed by atoms with E-state index in [1.54, 1.807) is 0 Å². The fourth-order valence-corrected chi connectivity index (χ4v) is 3.94. The van der Waals surface area contributed by atoms with Crippen LogP contribution in [0.3, 0.4) is 0 Å². The molecule has 2 fully saturated rings. The zero-order chi connectivity index (χ0) is 16.9. The minimum absolute atomic E-state index is 0.00101. The van der Waals surface area contributed by atoms with Gasteiger partial charge in [0.15, 0.2) is 0 Å². The molecule has 132 valence electrons. The molecule has 0 saturated carbocycles. The van der Waals surface area contributed by atoms with Crippen molar-refractivity contribution in [2.75, 3.05) is 38.5 Å². The van der Waals surface area contributed by atoms with Crippen molar-refractivity contribution < 1.29 is 9.59 Å². The molecular weight excluding hydrogens is 328 g/mol. The molecule has 4 N–H and O–H groups in total. The average Bonchev–Trinajstić information content (AvgIpc) is 3.26. The van der Waals surface area contributed by atoms with E-state index in [4.69, 9.17) is 5.73 Å². The summed E-state index contributed by atoms with van der Waals surface area (Å²) in [6, 6.07) is 0. The Kier molecular flexibility index (Phi) is 5.62. The zero-order valence-corrected chi connectivity index (χ0v) is 14.5. The Morgan fingerprint density at radius 3 is 2.71 bits per heavy atom. The molecule has 24 heavy (non-hydrogen) atoms. The largest absolute Gasteiger partial charge is 0.374 e. The monoisotopic (exact) mass is 352 g/mol. The summed E-state index contributed by atoms with van der Waals surface area (Å²) < 4.78 is 0. The van der Waals surface area contributed by atoms with Gasteiger partial charge in [-0.15, -0.1) is 10.2 Å². The quantitative estimate of drug-likeness (QED) is 0.666. The third-order valence-corrected chi connectivity index (χ3v) is 5.42. The second-order valence-electron chi connectivity index (χ2n) is 6.40. The normalized spacial score (nSPS) is 24.1. The Balaban J connectivity index is 1.45. The topological polar surface area (TPSA) is 113 Å². The first-order chi connectivity index (χ1) is 11.6. The van der Waals surface area contributed by atoms with Crippen molar-refractivity contribution in [3.63, 3.8) is 0 Å². The molecule has 8 nitrogen and oxygen atoms in total. The van der Waals surface area contributed by atoms with Crippen LogP contribution in [0.15, 0.2) is 0 Å². The van der Waals surface area contributed by atoms with E-state index in [-0.39, 0.29) is 23.7 Å². The van der Waals surface area contributed by atoms with Crippen LogP contribution in [0.1, 0.15) is 24.3 Å². The fraction of sp³-hybridized carbons (Fsp3) is 0.733. The standard InChI is InChI=1S/C15H24N6O2S/c16-15-20-19-12(24-15)3-4-18-13(22)10-7-11(9-17-8-10)14(23)21-5-1-2-6-21/h10-11,17H,1-9H2,(H2,16,20)(H,18,22)/t10-,11+/m0/s1. The number of hydrogen-bond acceptors (Lipinski definition) is 7. The van der Waals surface area contributed by atoms with E-state index < -0.39 is 0 Å². The molecule has 1 aromatic rings. The van der Waals surface area contributed by atoms with Gasteiger partial charge in [-0.25, -0.2) is 0 Å². The summed E-state index contributed by atoms with van der Waals surface area (Å²) in [5.41, 5.74) is 5.54. The first-order valence-corrected chi connectivity index (χ1v) is 9.30. The summed E-state index contributed by atoms with van der Waals surface area (Å²) in [4.78, 5) is 26.8. The Bertz CT molecular complexity index is 586. The lowest BCUT2D eigenvalue weighted by Gasteiger charge is -2.31. The number of rotatable bonds is 5. The van der Waals surface area contributed by atoms with Crippen LogP contribution in [-0.2, 0) is 16.0 Å². The summed E-state index contributed by atoms with van der Waals surface area (Å²) >= 11 is 1.34. The first-order valence-electron chi connectivity index (χ1n) is 8.48. The molecule has 0 aliphatic carbocycles. The molecular formula is C15H24N6O2S. The van der Waals surface area contributed by atoms with E-state index in [0.717, 1.165) is 30.9 Å². The lowest BCUT2D eigenvalue weighted by atomic mass is 9.89. The number of aromatic nitrogens is 2. The SMILES string of the molecule is Nc1nnc(CCNC(=O)[C@@H]2CNC[C@H](C(=O)N3CCCC3)C2)s1. The number of hydrogen-bond donors (Lipinski definition) is 3. The molecule has 0 spiro atoms. The van der Waals surface area contributed by atoms with E-state index in [1.807, 2.05) is 4.90 Å². The number of carbonyl (C=O) groups excluding carboxylic acids is 2. The summed E-state index contributed by atoms with van der Waals surface area (Å²) in [6.45, 7) is 3.52. The van der Waals surface area contributed by atoms with Gasteiger partial charge in [-0.2, -0.15) is 0 Å². The van der Waals surface area contributed by atoms with Crippen LogP contribution in [-0.4, -0.2) is 59.6 Å². The minimum atomic E-state index is -0.158. The number of nitrogens with two attached hydrogens (primary N) is 1. The van der Waals surface area contributed by atoms with Crippen LogP contribution in [0.4, 0.5) is 5.13 Å². The van der Waals surface area contributed by atoms with E-state index in [2.05, 4.69) is 20.8 Å². The van der Waals surface area contributed by atoms with Crippen LogP contribution in [0.2, 0.25) is 0 Å². The molecule has 9 heteroatoms. The van der Waals surface area contributed by atoms with Gasteiger partial charge in [0.2, 0.25) is 16.9 Å². The number of nitrogens with zero attached hydrogens (tertiary/aromatic N) is 3. The number of carbonyl (C=O) groups is 2. The van der Waals surface area contributed by atoms with Crippen LogP contribution in [0, 0.1) is 11.8 Å². The molecule has 2 saturated heterocycles. The van der Waals surface area contributed by atoms with Gasteiger partial charge in [0, 0.05) is 39.1 Å². The van der Waals surface area contributed by atoms with Gasteiger partial charge in [0.25, 0.3) is 0 Å². The Hall–Kier alpha value is -1.74. The van der Waals surface area contributed by atoms with Crippen molar-refractivity contribution in [1.82, 2.24) is 25.7 Å². The maximum atomic E-state index is 12.5. The van der Waals surface area contributed by atoms with Gasteiger partial charge < -0.3 is 21.3 Å². The minimum Gasteiger partial charge on any atom is -0.374 e. The lowest BCUT2D eigenvalue weighted by molar-refractivity contribution is -0.136. The van der Waals surface area contributed by atoms with Crippen LogP contribution in [0.25, 0.3) is 0 Å². The highest BCUT2D eigenvalue weighted by Gasteiger charge is 2.33. The summed E-state index contributed by atoms with van der Waals surface area (Å²) in [5, 5.41) is 15.1. The van der Waals surface area contributed by atoms with E-state index in [1.165, 1.54) is 11.3 Å². The molecule has 0 bridgehead atoms. The van der Waals surface area contributed by atoms with E-state index >= 15 is 0 Å². The maximum absolute atomic E-state index is 12.5. The van der Waals surface area contributed by atoms with Crippen LogP contribution < -0.4 is 16.4 Å². The van der Waals surface area contributed by atoms with Gasteiger partial charge >= 0.3 is 0 Å². The van der Waals surface area contributed by atoms with Crippen molar-refractivity contribution in [3.8, 4) is 0 Å². The average molecular weight is 352 g/mol. The summed E-state index contributed by atoms with van der Waals surface area (Å²) in [7, 11) is 0. The van der Waals surface area contributed by atoms with Crippen molar-refractivity contribution in [1.29, 1.82) is 0 Å². The molecule has 3 rings (SSSR count). The van der Waals surface area contributed by atoms with Gasteiger partial charge in [-0.3, -0.25) is 9.59 Å². The highest BCUT2D eigenvalue weighted by molar-refractivity contribution is 7.15. The molecule has 0 aromatic carbocycles. The second kappa shape index (κ2) is 7.89. The molecule has 0 unspecified atom stereocenters. The van der Waals surface area contributed by atoms with Crippen molar-refractivity contribution in [3.05, 3.63) is 5.01 Å². The Morgan fingerprint density at radius 1 is 1.25 bits per heavy atom. The predicted octanol–water partition coefficient (Wildman–Crippen LogP) is -0.373. The molecule has 2 aliphatic rings. The number of likely N-dealkylation sites (tertiary alicyclic amines) is 1. The van der Waals surface area contributed by atoms with Gasteiger partial charge in [-0.1, -0.05) is 11.3 Å². The maximum Gasteiger partial charge on any atom is 0.226 e. The van der Waals surface area contributed by atoms with Crippen LogP contribution >= 0.6 is 11.3 Å². The third-order valence-electron chi connectivity index (χ3n) is 4.61. The lowest BCUT2D eigenvalue weighted by Crippen LogP contribution is -2.49.